The van der Waals surface area contributed by atoms with Crippen molar-refractivity contribution in [2.75, 3.05) is 151 Å². The highest BCUT2D eigenvalue weighted by Gasteiger charge is 2.30. The lowest BCUT2D eigenvalue weighted by Crippen LogP contribution is -2.52. The van der Waals surface area contributed by atoms with Crippen LogP contribution in [0.15, 0.2) is 94.7 Å². The van der Waals surface area contributed by atoms with E-state index in [-0.39, 0.29) is 16.8 Å². The van der Waals surface area contributed by atoms with E-state index in [9.17, 15) is 16.8 Å². The molecule has 4 aromatic heterocycles. The summed E-state index contributed by atoms with van der Waals surface area (Å²) < 4.78 is 60.8. The minimum atomic E-state index is -3.36. The molecular weight excluding hydrogens is 1380 g/mol. The van der Waals surface area contributed by atoms with Crippen LogP contribution in [0.1, 0.15) is 47.9 Å². The molecule has 4 aliphatic heterocycles. The van der Waals surface area contributed by atoms with Gasteiger partial charge in [0.2, 0.25) is 11.2 Å². The molecule has 0 radical (unpaired) electrons. The fraction of sp³-hybridized carbons (Fsp3) is 0.438. The van der Waals surface area contributed by atoms with E-state index in [0.717, 1.165) is 93.9 Å². The topological polar surface area (TPSA) is 271 Å². The van der Waals surface area contributed by atoms with Crippen LogP contribution in [-0.4, -0.2) is 208 Å². The van der Waals surface area contributed by atoms with Crippen molar-refractivity contribution in [2.24, 2.45) is 0 Å². The Morgan fingerprint density at radius 3 is 1.44 bits per heavy atom. The largest absolute Gasteiger partial charge is 0.495 e. The van der Waals surface area contributed by atoms with Gasteiger partial charge in [-0.1, -0.05) is 0 Å². The second-order valence-corrected chi connectivity index (χ2v) is 30.4. The standard InChI is InChI=1S/C32H40BrN9O3S.C18H30N4O.C14H11BrClN5O2S/c1-21-17-27(29(45-3)18-28(21)42-11-7-22(8-12-42)41-15-13-40(2)14-16-41)38-32-36-19-24(33)31(39-32)37-25-5-6-26-30(35-10-9-34-26)23(25)20-46(4,43)44;1-14-12-16(19)18(23-3)13-17(14)22-6-4-15(5-7-22)21-10-8-20(2)9-11-21;1-24(22,23)7-8-10(2-3-11-12(8)18-5-4-17-11)20-13-9(15)6-19-14(16)21-13/h5-6,9-10,17-19,22H,7-8,11-16,20H2,1-4H3,(H2,36,37,38,39);12-13,15H,4-11,19H2,1-3H3;2-6H,7H2,1H3,(H,19,20,21). The molecule has 0 saturated carbocycles. The first-order valence-corrected chi connectivity index (χ1v) is 36.9. The van der Waals surface area contributed by atoms with E-state index < -0.39 is 19.7 Å². The van der Waals surface area contributed by atoms with Gasteiger partial charge in [0.05, 0.1) is 68.1 Å². The number of anilines is 9. The number of hydrogen-bond donors (Lipinski definition) is 4. The number of benzene rings is 4. The van der Waals surface area contributed by atoms with Crippen molar-refractivity contribution < 1.29 is 26.3 Å². The Hall–Kier alpha value is -6.89. The minimum absolute atomic E-state index is 0.0749. The number of fused-ring (bicyclic) bond motifs is 2. The molecule has 93 heavy (non-hydrogen) atoms. The van der Waals surface area contributed by atoms with Crippen molar-refractivity contribution in [3.63, 3.8) is 0 Å². The van der Waals surface area contributed by atoms with E-state index in [0.29, 0.717) is 82.9 Å². The van der Waals surface area contributed by atoms with Crippen molar-refractivity contribution in [3.8, 4) is 11.5 Å². The number of nitrogen functional groups attached to an aromatic ring is 1. The van der Waals surface area contributed by atoms with Gasteiger partial charge in [0.25, 0.3) is 0 Å². The van der Waals surface area contributed by atoms with E-state index in [1.807, 2.05) is 6.07 Å². The fourth-order valence-corrected chi connectivity index (χ4v) is 14.7. The Balaban J connectivity index is 0.000000169. The number of piperidine rings is 2. The zero-order valence-corrected chi connectivity index (χ0v) is 59.3. The number of ether oxygens (including phenoxy) is 2. The van der Waals surface area contributed by atoms with Crippen LogP contribution < -0.4 is 41.0 Å². The average Bonchev–Trinajstić information content (AvgIpc) is 1.04. The first-order valence-electron chi connectivity index (χ1n) is 30.8. The van der Waals surface area contributed by atoms with Crippen LogP contribution >= 0.6 is 43.5 Å². The van der Waals surface area contributed by atoms with Gasteiger partial charge in [0.1, 0.15) is 23.1 Å². The second-order valence-electron chi connectivity index (χ2n) is 24.1. The maximum absolute atomic E-state index is 12.3. The van der Waals surface area contributed by atoms with E-state index >= 15 is 0 Å². The molecule has 4 fully saturated rings. The molecule has 0 spiro atoms. The molecule has 0 unspecified atom stereocenters. The van der Waals surface area contributed by atoms with Crippen molar-refractivity contribution in [1.29, 1.82) is 0 Å². The molecular formula is C64H81Br2ClN18O6S2. The van der Waals surface area contributed by atoms with Crippen molar-refractivity contribution in [3.05, 3.63) is 122 Å². The van der Waals surface area contributed by atoms with Gasteiger partial charge in [0.15, 0.2) is 19.7 Å². The number of aromatic nitrogens is 8. The number of hydrogen-bond acceptors (Lipinski definition) is 24. The molecule has 24 nitrogen and oxygen atoms in total. The summed E-state index contributed by atoms with van der Waals surface area (Å²) in [5.74, 6) is 2.35. The summed E-state index contributed by atoms with van der Waals surface area (Å²) in [7, 11) is 1.13. The molecule has 496 valence electrons. The number of nitrogens with zero attached hydrogens (tertiary/aromatic N) is 14. The van der Waals surface area contributed by atoms with Crippen molar-refractivity contribution in [1.82, 2.24) is 59.5 Å². The van der Waals surface area contributed by atoms with Gasteiger partial charge in [-0.3, -0.25) is 29.7 Å². The summed E-state index contributed by atoms with van der Waals surface area (Å²) in [6, 6.07) is 16.8. The molecule has 4 aliphatic rings. The summed E-state index contributed by atoms with van der Waals surface area (Å²) in [6.45, 7) is 18.0. The third-order valence-electron chi connectivity index (χ3n) is 17.3. The van der Waals surface area contributed by atoms with Gasteiger partial charge < -0.3 is 50.8 Å². The van der Waals surface area contributed by atoms with Gasteiger partial charge in [0, 0.05) is 186 Å². The number of methoxy groups -OCH3 is 2. The molecule has 5 N–H and O–H groups in total. The number of piperazine rings is 2. The smallest absolute Gasteiger partial charge is 0.229 e. The highest BCUT2D eigenvalue weighted by Crippen LogP contribution is 2.39. The molecule has 0 atom stereocenters. The first-order chi connectivity index (χ1) is 44.5. The SMILES string of the molecule is COc1cc(N2CCC(N3CCN(C)CC3)CC2)c(C)cc1N.COc1cc(N2CCC(N3CCN(C)CC3)CC2)c(C)cc1Nc1ncc(Br)c(Nc2ccc3nccnc3c2CS(C)(=O)=O)n1.CS(=O)(=O)Cc1c(Nc2nc(Cl)ncc2Br)ccc2nccnc12. The Bertz CT molecular complexity index is 4170. The quantitative estimate of drug-likeness (QED) is 0.0517. The van der Waals surface area contributed by atoms with E-state index in [1.165, 1.54) is 80.9 Å². The minimum Gasteiger partial charge on any atom is -0.495 e. The van der Waals surface area contributed by atoms with Gasteiger partial charge in [-0.05, 0) is 145 Å². The maximum atomic E-state index is 12.3. The highest BCUT2D eigenvalue weighted by molar-refractivity contribution is 9.11. The fourth-order valence-electron chi connectivity index (χ4n) is 12.4. The van der Waals surface area contributed by atoms with Crippen LogP contribution in [0.2, 0.25) is 5.28 Å². The normalized spacial score (nSPS) is 16.7. The van der Waals surface area contributed by atoms with Crippen LogP contribution in [-0.2, 0) is 31.2 Å². The lowest BCUT2D eigenvalue weighted by Gasteiger charge is -2.43. The maximum Gasteiger partial charge on any atom is 0.229 e. The summed E-state index contributed by atoms with van der Waals surface area (Å²) in [5, 5.41) is 9.77. The Kier molecular flexibility index (Phi) is 22.7. The van der Waals surface area contributed by atoms with Crippen LogP contribution in [0.5, 0.6) is 11.5 Å². The lowest BCUT2D eigenvalue weighted by atomic mass is 10.0. The molecule has 0 bridgehead atoms. The van der Waals surface area contributed by atoms with Crippen LogP contribution in [0.4, 0.5) is 51.7 Å². The summed E-state index contributed by atoms with van der Waals surface area (Å²) in [6.07, 6.45) is 16.5. The zero-order chi connectivity index (χ0) is 66.1. The number of likely N-dealkylation sites (N-methyl/N-ethyl adjacent to an activating group) is 2. The Morgan fingerprint density at radius 1 is 0.548 bits per heavy atom. The molecule has 29 heteroatoms. The van der Waals surface area contributed by atoms with Gasteiger partial charge in [-0.2, -0.15) is 9.97 Å². The summed E-state index contributed by atoms with van der Waals surface area (Å²) >= 11 is 12.7. The molecule has 8 heterocycles. The Morgan fingerprint density at radius 2 is 0.978 bits per heavy atom. The number of rotatable bonds is 16. The predicted molar refractivity (Wildman–Crippen MR) is 379 cm³/mol. The average molecular weight is 1460 g/mol. The monoisotopic (exact) mass is 1450 g/mol. The third kappa shape index (κ3) is 17.9. The summed E-state index contributed by atoms with van der Waals surface area (Å²) in [4.78, 5) is 49.5. The number of halogens is 3. The number of nitrogens with two attached hydrogens (primary N) is 1. The van der Waals surface area contributed by atoms with E-state index in [2.05, 4.69) is 158 Å². The van der Waals surface area contributed by atoms with Crippen LogP contribution in [0.3, 0.4) is 0 Å². The first kappa shape index (κ1) is 69.0. The highest BCUT2D eigenvalue weighted by atomic mass is 79.9. The van der Waals surface area contributed by atoms with Crippen molar-refractivity contribution in [2.45, 2.75) is 63.1 Å². The molecule has 4 saturated heterocycles. The van der Waals surface area contributed by atoms with E-state index in [1.54, 1.807) is 63.3 Å². The number of nitrogens with one attached hydrogen (secondary N) is 3. The Labute approximate surface area is 566 Å². The number of sulfone groups is 2. The summed E-state index contributed by atoms with van der Waals surface area (Å²) in [5.41, 5.74) is 16.7. The van der Waals surface area contributed by atoms with Gasteiger partial charge >= 0.3 is 0 Å². The lowest BCUT2D eigenvalue weighted by molar-refractivity contribution is 0.0982. The predicted octanol–water partition coefficient (Wildman–Crippen LogP) is 9.67. The molecule has 8 aromatic rings. The van der Waals surface area contributed by atoms with Crippen LogP contribution in [0.25, 0.3) is 22.1 Å². The van der Waals surface area contributed by atoms with Crippen molar-refractivity contribution >= 4 is 137 Å². The van der Waals surface area contributed by atoms with Gasteiger partial charge in [-0.15, -0.1) is 0 Å². The molecule has 4 aromatic carbocycles. The molecule has 0 amide bonds. The number of aryl methyl sites for hydroxylation is 2. The van der Waals surface area contributed by atoms with Crippen LogP contribution in [0, 0.1) is 13.8 Å². The van der Waals surface area contributed by atoms with Gasteiger partial charge in [-0.25, -0.2) is 26.8 Å². The van der Waals surface area contributed by atoms with E-state index in [4.69, 9.17) is 31.8 Å². The second kappa shape index (κ2) is 30.7. The molecule has 0 aliphatic carbocycles. The molecule has 12 rings (SSSR count). The third-order valence-corrected chi connectivity index (χ3v) is 20.3. The zero-order valence-electron chi connectivity index (χ0n) is 53.7.